The van der Waals surface area contributed by atoms with Crippen LogP contribution in [-0.4, -0.2) is 28.0 Å². The van der Waals surface area contributed by atoms with Crippen LogP contribution in [0.3, 0.4) is 0 Å². The number of nitro groups is 1. The number of nitrogens with one attached hydrogen (secondary N) is 1. The number of halogens is 3. The number of H-pyrrole nitrogens is 1. The summed E-state index contributed by atoms with van der Waals surface area (Å²) < 4.78 is 40.0. The Bertz CT molecular complexity index is 731. The fourth-order valence-corrected chi connectivity index (χ4v) is 3.06. The van der Waals surface area contributed by atoms with Gasteiger partial charge in [-0.1, -0.05) is 0 Å². The Morgan fingerprint density at radius 2 is 2.17 bits per heavy atom. The average Bonchev–Trinajstić information content (AvgIpc) is 3.08. The smallest absolute Gasteiger partial charge is 0.370 e. The Kier molecular flexibility index (Phi) is 4.16. The van der Waals surface area contributed by atoms with Gasteiger partial charge in [0.05, 0.1) is 10.5 Å². The Hall–Kier alpha value is -2.58. The van der Waals surface area contributed by atoms with E-state index in [4.69, 9.17) is 0 Å². The molecule has 0 radical (unpaired) electrons. The summed E-state index contributed by atoms with van der Waals surface area (Å²) >= 11 is 0. The fraction of sp³-hybridized carbons (Fsp3) is 0.400. The molecule has 1 fully saturated rings. The van der Waals surface area contributed by atoms with Crippen LogP contribution in [-0.2, 0) is 6.18 Å². The Morgan fingerprint density at radius 3 is 2.79 bits per heavy atom. The van der Waals surface area contributed by atoms with Crippen LogP contribution in [0, 0.1) is 10.1 Å². The largest absolute Gasteiger partial charge is 0.418 e. The number of rotatable bonds is 3. The second kappa shape index (κ2) is 6.14. The summed E-state index contributed by atoms with van der Waals surface area (Å²) in [4.78, 5) is 18.8. The highest BCUT2D eigenvalue weighted by atomic mass is 19.4. The van der Waals surface area contributed by atoms with E-state index in [0.717, 1.165) is 24.7 Å². The molecule has 1 saturated heterocycles. The molecule has 1 aliphatic rings. The van der Waals surface area contributed by atoms with Crippen LogP contribution in [0.15, 0.2) is 30.6 Å². The van der Waals surface area contributed by atoms with Gasteiger partial charge in [0.2, 0.25) is 0 Å². The second-order valence-corrected chi connectivity index (χ2v) is 5.72. The zero-order valence-corrected chi connectivity index (χ0v) is 12.6. The summed E-state index contributed by atoms with van der Waals surface area (Å²) in [7, 11) is 0. The first-order valence-corrected chi connectivity index (χ1v) is 7.46. The first kappa shape index (κ1) is 16.3. The summed E-state index contributed by atoms with van der Waals surface area (Å²) in [6, 6.07) is 2.90. The number of non-ortho nitro benzene ring substituents is 1. The zero-order valence-electron chi connectivity index (χ0n) is 12.6. The van der Waals surface area contributed by atoms with Crippen molar-refractivity contribution < 1.29 is 18.1 Å². The van der Waals surface area contributed by atoms with Gasteiger partial charge in [0.25, 0.3) is 5.69 Å². The lowest BCUT2D eigenvalue weighted by Gasteiger charge is -2.35. The molecule has 9 heteroatoms. The number of hydrogen-bond acceptors (Lipinski definition) is 4. The average molecular weight is 340 g/mol. The van der Waals surface area contributed by atoms with Crippen molar-refractivity contribution >= 4 is 11.4 Å². The van der Waals surface area contributed by atoms with Crippen LogP contribution in [0.25, 0.3) is 0 Å². The number of nitrogens with zero attached hydrogens (tertiary/aromatic N) is 3. The van der Waals surface area contributed by atoms with E-state index in [0.29, 0.717) is 19.2 Å². The van der Waals surface area contributed by atoms with E-state index in [9.17, 15) is 23.3 Å². The van der Waals surface area contributed by atoms with Crippen molar-refractivity contribution in [2.24, 2.45) is 0 Å². The molecule has 1 atom stereocenters. The Morgan fingerprint density at radius 1 is 1.38 bits per heavy atom. The maximum atomic E-state index is 13.3. The van der Waals surface area contributed by atoms with E-state index in [1.165, 1.54) is 6.07 Å². The minimum atomic E-state index is -4.65. The normalized spacial score (nSPS) is 18.6. The van der Waals surface area contributed by atoms with Crippen LogP contribution >= 0.6 is 0 Å². The van der Waals surface area contributed by atoms with Crippen molar-refractivity contribution in [2.45, 2.75) is 24.9 Å². The van der Waals surface area contributed by atoms with Crippen molar-refractivity contribution in [3.63, 3.8) is 0 Å². The highest BCUT2D eigenvalue weighted by Gasteiger charge is 2.37. The minimum absolute atomic E-state index is 0.00465. The van der Waals surface area contributed by atoms with Gasteiger partial charge in [0.1, 0.15) is 5.82 Å². The van der Waals surface area contributed by atoms with Crippen molar-refractivity contribution in [3.8, 4) is 0 Å². The number of alkyl halides is 3. The van der Waals surface area contributed by atoms with E-state index in [-0.39, 0.29) is 11.6 Å². The van der Waals surface area contributed by atoms with Gasteiger partial charge in [-0.2, -0.15) is 13.2 Å². The molecule has 3 rings (SSSR count). The third-order valence-corrected chi connectivity index (χ3v) is 4.16. The SMILES string of the molecule is O=[N+]([O-])c1ccc(N2CCCC(c3ncc[nH]3)C2)c(C(F)(F)F)c1. The molecule has 6 nitrogen and oxygen atoms in total. The number of nitro benzene ring substituents is 1. The van der Waals surface area contributed by atoms with Crippen LogP contribution in [0.1, 0.15) is 30.1 Å². The number of piperidine rings is 1. The Balaban J connectivity index is 1.94. The molecular formula is C15H15F3N4O2. The number of aromatic amines is 1. The molecule has 2 aromatic rings. The fourth-order valence-electron chi connectivity index (χ4n) is 3.06. The summed E-state index contributed by atoms with van der Waals surface area (Å²) in [5.74, 6) is 0.750. The molecular weight excluding hydrogens is 325 g/mol. The molecule has 0 spiro atoms. The summed E-state index contributed by atoms with van der Waals surface area (Å²) in [6.45, 7) is 0.854. The predicted molar refractivity (Wildman–Crippen MR) is 80.9 cm³/mol. The van der Waals surface area contributed by atoms with E-state index < -0.39 is 22.4 Å². The highest BCUT2D eigenvalue weighted by Crippen LogP contribution is 2.40. The van der Waals surface area contributed by atoms with E-state index in [1.54, 1.807) is 17.3 Å². The first-order chi connectivity index (χ1) is 11.4. The molecule has 1 aromatic heterocycles. The lowest BCUT2D eigenvalue weighted by molar-refractivity contribution is -0.385. The van der Waals surface area contributed by atoms with Gasteiger partial charge in [-0.15, -0.1) is 0 Å². The van der Waals surface area contributed by atoms with Gasteiger partial charge in [-0.3, -0.25) is 10.1 Å². The summed E-state index contributed by atoms with van der Waals surface area (Å²) in [6.07, 6.45) is 0.194. The maximum absolute atomic E-state index is 13.3. The molecule has 1 unspecified atom stereocenters. The minimum Gasteiger partial charge on any atom is -0.370 e. The van der Waals surface area contributed by atoms with Crippen LogP contribution in [0.2, 0.25) is 0 Å². The Labute approximate surface area is 135 Å². The standard InChI is InChI=1S/C15H15F3N4O2/c16-15(17,18)12-8-11(22(23)24)3-4-13(12)21-7-1-2-10(9-21)14-19-5-6-20-14/h3-6,8,10H,1-2,7,9H2,(H,19,20). The monoisotopic (exact) mass is 340 g/mol. The third-order valence-electron chi connectivity index (χ3n) is 4.16. The van der Waals surface area contributed by atoms with E-state index in [2.05, 4.69) is 9.97 Å². The second-order valence-electron chi connectivity index (χ2n) is 5.72. The number of imidazole rings is 1. The quantitative estimate of drug-likeness (QED) is 0.682. The predicted octanol–water partition coefficient (Wildman–Crippen LogP) is 3.72. The van der Waals surface area contributed by atoms with E-state index >= 15 is 0 Å². The van der Waals surface area contributed by atoms with Gasteiger partial charge < -0.3 is 9.88 Å². The van der Waals surface area contributed by atoms with Crippen molar-refractivity contribution in [1.29, 1.82) is 0 Å². The summed E-state index contributed by atoms with van der Waals surface area (Å²) in [5, 5.41) is 10.8. The molecule has 128 valence electrons. The van der Waals surface area contributed by atoms with E-state index in [1.807, 2.05) is 0 Å². The molecule has 1 aliphatic heterocycles. The molecule has 1 aromatic carbocycles. The highest BCUT2D eigenvalue weighted by molar-refractivity contribution is 5.59. The first-order valence-electron chi connectivity index (χ1n) is 7.46. The number of aromatic nitrogens is 2. The van der Waals surface area contributed by atoms with Crippen molar-refractivity contribution in [2.75, 3.05) is 18.0 Å². The number of benzene rings is 1. The van der Waals surface area contributed by atoms with Gasteiger partial charge >= 0.3 is 6.18 Å². The molecule has 2 heterocycles. The van der Waals surface area contributed by atoms with Gasteiger partial charge in [-0.25, -0.2) is 4.98 Å². The molecule has 0 saturated carbocycles. The number of anilines is 1. The maximum Gasteiger partial charge on any atom is 0.418 e. The van der Waals surface area contributed by atoms with Gasteiger partial charge in [0.15, 0.2) is 0 Å². The third kappa shape index (κ3) is 3.19. The molecule has 0 bridgehead atoms. The van der Waals surface area contributed by atoms with Crippen molar-refractivity contribution in [1.82, 2.24) is 9.97 Å². The van der Waals surface area contributed by atoms with Crippen LogP contribution < -0.4 is 4.90 Å². The van der Waals surface area contributed by atoms with Gasteiger partial charge in [0, 0.05) is 49.2 Å². The molecule has 24 heavy (non-hydrogen) atoms. The lowest BCUT2D eigenvalue weighted by atomic mass is 9.96. The molecule has 0 aliphatic carbocycles. The van der Waals surface area contributed by atoms with Crippen LogP contribution in [0.4, 0.5) is 24.5 Å². The van der Waals surface area contributed by atoms with Crippen molar-refractivity contribution in [3.05, 3.63) is 52.1 Å². The van der Waals surface area contributed by atoms with Crippen LogP contribution in [0.5, 0.6) is 0 Å². The van der Waals surface area contributed by atoms with Gasteiger partial charge in [-0.05, 0) is 18.9 Å². The molecule has 1 N–H and O–H groups in total. The summed E-state index contributed by atoms with van der Waals surface area (Å²) in [5.41, 5.74) is -1.56. The number of hydrogen-bond donors (Lipinski definition) is 1. The topological polar surface area (TPSA) is 75.1 Å². The lowest BCUT2D eigenvalue weighted by Crippen LogP contribution is -2.36. The zero-order chi connectivity index (χ0) is 17.3. The molecule has 0 amide bonds.